The number of benzene rings is 1. The molecule has 2 atom stereocenters. The molecule has 0 saturated carbocycles. The number of aromatic nitrogens is 3. The van der Waals surface area contributed by atoms with Crippen molar-refractivity contribution in [2.45, 2.75) is 58.3 Å². The van der Waals surface area contributed by atoms with Crippen LogP contribution >= 0.6 is 0 Å². The van der Waals surface area contributed by atoms with Crippen LogP contribution in [0.15, 0.2) is 41.3 Å². The average Bonchev–Trinajstić information content (AvgIpc) is 3.15. The fourth-order valence-electron chi connectivity index (χ4n) is 4.56. The summed E-state index contributed by atoms with van der Waals surface area (Å²) in [6.07, 6.45) is 2.91. The fourth-order valence-corrected chi connectivity index (χ4v) is 4.56. The highest BCUT2D eigenvalue weighted by Crippen LogP contribution is 2.36. The Morgan fingerprint density at radius 2 is 2.09 bits per heavy atom. The quantitative estimate of drug-likeness (QED) is 0.482. The Morgan fingerprint density at radius 3 is 2.82 bits per heavy atom. The molecule has 1 amide bonds. The maximum absolute atomic E-state index is 12.1. The molecule has 0 radical (unpaired) electrons. The third-order valence-electron chi connectivity index (χ3n) is 6.38. The van der Waals surface area contributed by atoms with E-state index < -0.39 is 6.09 Å². The minimum Gasteiger partial charge on any atom is -0.465 e. The highest BCUT2D eigenvalue weighted by atomic mass is 16.4. The number of rotatable bonds is 8. The topological polar surface area (TPSA) is 113 Å². The number of hydrogen-bond donors (Lipinski definition) is 3. The van der Waals surface area contributed by atoms with Crippen LogP contribution in [0.3, 0.4) is 0 Å². The Kier molecular flexibility index (Phi) is 6.80. The third-order valence-corrected chi connectivity index (χ3v) is 6.38. The van der Waals surface area contributed by atoms with Gasteiger partial charge in [0.1, 0.15) is 5.82 Å². The molecule has 3 aromatic rings. The predicted octanol–water partition coefficient (Wildman–Crippen LogP) is 2.23. The Labute approximate surface area is 192 Å². The van der Waals surface area contributed by atoms with E-state index in [2.05, 4.69) is 9.88 Å². The Bertz CT molecular complexity index is 1200. The number of hydrogen-bond acceptors (Lipinski definition) is 5. The molecular formula is C24H31N5O4. The number of aliphatic hydroxyl groups excluding tert-OH is 1. The standard InChI is InChI=1S/C24H31N5O4/c1-16(15-30)25-11-14-28-20-9-8-19-18(7-6-17(2)29(19)24(32)33)23(20)26-21(28)10-13-27-12-4-3-5-22(27)31/h3-5,8-9,12,16-17,25,30H,6-7,10-11,13-15H2,1-2H3,(H,32,33)/t16-,17+/m1/s1. The number of carbonyl (C=O) groups is 1. The van der Waals surface area contributed by atoms with Crippen LogP contribution in [0.25, 0.3) is 11.0 Å². The zero-order valence-electron chi connectivity index (χ0n) is 19.1. The van der Waals surface area contributed by atoms with E-state index in [9.17, 15) is 19.8 Å². The van der Waals surface area contributed by atoms with E-state index in [1.54, 1.807) is 22.9 Å². The van der Waals surface area contributed by atoms with Crippen LogP contribution in [-0.2, 0) is 25.9 Å². The minimum absolute atomic E-state index is 0.00972. The first-order valence-electron chi connectivity index (χ1n) is 11.4. The smallest absolute Gasteiger partial charge is 0.412 e. The second-order valence-electron chi connectivity index (χ2n) is 8.67. The molecule has 176 valence electrons. The van der Waals surface area contributed by atoms with E-state index >= 15 is 0 Å². The van der Waals surface area contributed by atoms with Crippen molar-refractivity contribution in [3.05, 3.63) is 58.3 Å². The van der Waals surface area contributed by atoms with Crippen LogP contribution < -0.4 is 15.8 Å². The molecule has 1 aliphatic heterocycles. The van der Waals surface area contributed by atoms with Gasteiger partial charge in [-0.05, 0) is 44.9 Å². The molecule has 0 saturated heterocycles. The molecular weight excluding hydrogens is 422 g/mol. The van der Waals surface area contributed by atoms with Gasteiger partial charge in [-0.25, -0.2) is 9.78 Å². The summed E-state index contributed by atoms with van der Waals surface area (Å²) in [6, 6.07) is 8.85. The van der Waals surface area contributed by atoms with Gasteiger partial charge in [0, 0.05) is 56.0 Å². The lowest BCUT2D eigenvalue weighted by Crippen LogP contribution is -2.41. The molecule has 0 aliphatic carbocycles. The molecule has 9 nitrogen and oxygen atoms in total. The monoisotopic (exact) mass is 453 g/mol. The number of aryl methyl sites for hydroxylation is 3. The number of pyridine rings is 1. The summed E-state index contributed by atoms with van der Waals surface area (Å²) in [7, 11) is 0. The molecule has 4 rings (SSSR count). The molecule has 3 N–H and O–H groups in total. The van der Waals surface area contributed by atoms with E-state index in [0.717, 1.165) is 35.3 Å². The average molecular weight is 454 g/mol. The molecule has 1 aliphatic rings. The molecule has 9 heteroatoms. The minimum atomic E-state index is -0.951. The summed E-state index contributed by atoms with van der Waals surface area (Å²) >= 11 is 0. The van der Waals surface area contributed by atoms with Crippen molar-refractivity contribution < 1.29 is 15.0 Å². The lowest BCUT2D eigenvalue weighted by atomic mass is 9.96. The van der Waals surface area contributed by atoms with E-state index in [1.807, 2.05) is 32.0 Å². The third kappa shape index (κ3) is 4.65. The van der Waals surface area contributed by atoms with Crippen molar-refractivity contribution in [1.82, 2.24) is 19.4 Å². The first-order valence-corrected chi connectivity index (χ1v) is 11.4. The highest BCUT2D eigenvalue weighted by Gasteiger charge is 2.30. The number of carboxylic acid groups (broad SMARTS) is 1. The summed E-state index contributed by atoms with van der Waals surface area (Å²) in [4.78, 5) is 30.4. The van der Waals surface area contributed by atoms with Gasteiger partial charge in [0.2, 0.25) is 0 Å². The van der Waals surface area contributed by atoms with E-state index in [-0.39, 0.29) is 24.2 Å². The molecule has 0 unspecified atom stereocenters. The molecule has 33 heavy (non-hydrogen) atoms. The van der Waals surface area contributed by atoms with Crippen molar-refractivity contribution in [2.24, 2.45) is 0 Å². The zero-order chi connectivity index (χ0) is 23.5. The maximum Gasteiger partial charge on any atom is 0.412 e. The first-order chi connectivity index (χ1) is 15.9. The van der Waals surface area contributed by atoms with Crippen LogP contribution in [0.5, 0.6) is 0 Å². The number of imidazole rings is 1. The second-order valence-corrected chi connectivity index (χ2v) is 8.67. The molecule has 0 bridgehead atoms. The number of anilines is 1. The Morgan fingerprint density at radius 1 is 1.27 bits per heavy atom. The van der Waals surface area contributed by atoms with Gasteiger partial charge in [-0.2, -0.15) is 0 Å². The lowest BCUT2D eigenvalue weighted by molar-refractivity contribution is 0.198. The van der Waals surface area contributed by atoms with Crippen LogP contribution in [0, 0.1) is 0 Å². The van der Waals surface area contributed by atoms with Gasteiger partial charge in [0.05, 0.1) is 23.3 Å². The van der Waals surface area contributed by atoms with Crippen molar-refractivity contribution in [2.75, 3.05) is 18.1 Å². The van der Waals surface area contributed by atoms with Crippen molar-refractivity contribution in [1.29, 1.82) is 0 Å². The van der Waals surface area contributed by atoms with Crippen molar-refractivity contribution in [3.63, 3.8) is 0 Å². The Hall–Kier alpha value is -3.17. The molecule has 1 aromatic carbocycles. The normalized spacial score (nSPS) is 16.7. The maximum atomic E-state index is 12.1. The van der Waals surface area contributed by atoms with Crippen LogP contribution in [0.4, 0.5) is 10.5 Å². The van der Waals surface area contributed by atoms with E-state index in [0.29, 0.717) is 31.7 Å². The summed E-state index contributed by atoms with van der Waals surface area (Å²) in [6.45, 7) is 5.72. The van der Waals surface area contributed by atoms with Gasteiger partial charge >= 0.3 is 6.09 Å². The summed E-state index contributed by atoms with van der Waals surface area (Å²) < 4.78 is 3.81. The Balaban J connectivity index is 1.72. The van der Waals surface area contributed by atoms with Gasteiger partial charge in [-0.15, -0.1) is 0 Å². The van der Waals surface area contributed by atoms with Crippen LogP contribution in [-0.4, -0.2) is 55.7 Å². The SMILES string of the molecule is C[C@H](CO)NCCn1c(CCn2ccccc2=O)nc2c3c(ccc21)N(C(=O)O)[C@@H](C)CC3. The van der Waals surface area contributed by atoms with E-state index in [1.165, 1.54) is 4.90 Å². The molecule has 0 spiro atoms. The van der Waals surface area contributed by atoms with Gasteiger partial charge in [0.15, 0.2) is 0 Å². The summed E-state index contributed by atoms with van der Waals surface area (Å²) in [5.41, 5.74) is 3.40. The lowest BCUT2D eigenvalue weighted by Gasteiger charge is -2.33. The first kappa shape index (κ1) is 23.0. The van der Waals surface area contributed by atoms with Crippen LogP contribution in [0.2, 0.25) is 0 Å². The van der Waals surface area contributed by atoms with Gasteiger partial charge in [-0.1, -0.05) is 6.07 Å². The number of aliphatic hydroxyl groups is 1. The van der Waals surface area contributed by atoms with Crippen molar-refractivity contribution in [3.8, 4) is 0 Å². The number of nitrogens with one attached hydrogen (secondary N) is 1. The summed E-state index contributed by atoms with van der Waals surface area (Å²) in [5.74, 6) is 0.855. The summed E-state index contributed by atoms with van der Waals surface area (Å²) in [5, 5.41) is 22.4. The van der Waals surface area contributed by atoms with Gasteiger partial charge in [-0.3, -0.25) is 9.69 Å². The van der Waals surface area contributed by atoms with Crippen LogP contribution in [0.1, 0.15) is 31.7 Å². The molecule has 2 aromatic heterocycles. The van der Waals surface area contributed by atoms with Gasteiger partial charge < -0.3 is 24.7 Å². The fraction of sp³-hybridized carbons (Fsp3) is 0.458. The highest BCUT2D eigenvalue weighted by molar-refractivity contribution is 5.94. The number of nitrogens with zero attached hydrogens (tertiary/aromatic N) is 4. The molecule has 3 heterocycles. The number of fused-ring (bicyclic) bond motifs is 3. The predicted molar refractivity (Wildman–Crippen MR) is 127 cm³/mol. The number of amides is 1. The van der Waals surface area contributed by atoms with E-state index in [4.69, 9.17) is 4.98 Å². The van der Waals surface area contributed by atoms with Crippen molar-refractivity contribution >= 4 is 22.8 Å². The molecule has 0 fully saturated rings. The second kappa shape index (κ2) is 9.76. The largest absolute Gasteiger partial charge is 0.465 e. The zero-order valence-corrected chi connectivity index (χ0v) is 19.1. The van der Waals surface area contributed by atoms with Gasteiger partial charge in [0.25, 0.3) is 5.56 Å².